The van der Waals surface area contributed by atoms with Crippen molar-refractivity contribution in [3.8, 4) is 11.5 Å². The van der Waals surface area contributed by atoms with Crippen molar-refractivity contribution < 1.29 is 9.13 Å². The number of ether oxygens (including phenoxy) is 1. The topological polar surface area (TPSA) is 35.2 Å². The normalized spacial score (nSPS) is 12.2. The van der Waals surface area contributed by atoms with Crippen LogP contribution in [0.2, 0.25) is 5.02 Å². The average Bonchev–Trinajstić information content (AvgIpc) is 2.46. The van der Waals surface area contributed by atoms with E-state index in [1.54, 1.807) is 12.1 Å². The van der Waals surface area contributed by atoms with Crippen LogP contribution in [0.1, 0.15) is 24.5 Å². The average molecular weight is 308 g/mol. The highest BCUT2D eigenvalue weighted by atomic mass is 35.5. The Morgan fingerprint density at radius 2 is 2.05 bits per heavy atom. The Morgan fingerprint density at radius 1 is 1.29 bits per heavy atom. The highest BCUT2D eigenvalue weighted by Crippen LogP contribution is 2.35. The largest absolute Gasteiger partial charge is 0.455 e. The maximum absolute atomic E-state index is 13.4. The molecular weight excluding hydrogens is 289 g/mol. The summed E-state index contributed by atoms with van der Waals surface area (Å²) in [5.74, 6) is 0.681. The van der Waals surface area contributed by atoms with Gasteiger partial charge in [0, 0.05) is 12.1 Å². The SMILES string of the molecule is CCC(N)Cc1cccc(Cl)c1Oc1cc(F)ccc1C. The van der Waals surface area contributed by atoms with Crippen LogP contribution in [-0.2, 0) is 6.42 Å². The van der Waals surface area contributed by atoms with Gasteiger partial charge in [-0.2, -0.15) is 0 Å². The molecule has 0 amide bonds. The lowest BCUT2D eigenvalue weighted by Crippen LogP contribution is -2.21. The van der Waals surface area contributed by atoms with Gasteiger partial charge in [-0.3, -0.25) is 0 Å². The van der Waals surface area contributed by atoms with Gasteiger partial charge in [0.15, 0.2) is 0 Å². The van der Waals surface area contributed by atoms with E-state index in [-0.39, 0.29) is 11.9 Å². The summed E-state index contributed by atoms with van der Waals surface area (Å²) in [5.41, 5.74) is 7.79. The minimum Gasteiger partial charge on any atom is -0.455 e. The van der Waals surface area contributed by atoms with Gasteiger partial charge in [0.25, 0.3) is 0 Å². The lowest BCUT2D eigenvalue weighted by molar-refractivity contribution is 0.463. The Balaban J connectivity index is 2.36. The van der Waals surface area contributed by atoms with Crippen LogP contribution in [0, 0.1) is 12.7 Å². The third kappa shape index (κ3) is 3.96. The first-order valence-corrected chi connectivity index (χ1v) is 7.36. The van der Waals surface area contributed by atoms with Gasteiger partial charge in [-0.05, 0) is 43.0 Å². The monoisotopic (exact) mass is 307 g/mol. The summed E-state index contributed by atoms with van der Waals surface area (Å²) >= 11 is 6.24. The number of para-hydroxylation sites is 1. The fourth-order valence-electron chi connectivity index (χ4n) is 2.05. The van der Waals surface area contributed by atoms with Crippen molar-refractivity contribution in [3.63, 3.8) is 0 Å². The van der Waals surface area contributed by atoms with E-state index in [4.69, 9.17) is 22.1 Å². The van der Waals surface area contributed by atoms with Crippen molar-refractivity contribution in [2.45, 2.75) is 32.7 Å². The molecule has 0 heterocycles. The molecule has 0 aliphatic heterocycles. The molecule has 1 unspecified atom stereocenters. The van der Waals surface area contributed by atoms with Crippen molar-refractivity contribution in [2.75, 3.05) is 0 Å². The second-order valence-electron chi connectivity index (χ2n) is 5.11. The van der Waals surface area contributed by atoms with Gasteiger partial charge < -0.3 is 10.5 Å². The molecular formula is C17H19ClFNO. The Hall–Kier alpha value is -1.58. The minimum absolute atomic E-state index is 0.0411. The predicted molar refractivity (Wildman–Crippen MR) is 84.6 cm³/mol. The standard InChI is InChI=1S/C17H19ClFNO/c1-3-14(20)9-12-5-4-6-15(18)17(12)21-16-10-13(19)8-7-11(16)2/h4-8,10,14H,3,9,20H2,1-2H3. The van der Waals surface area contributed by atoms with Crippen LogP contribution >= 0.6 is 11.6 Å². The van der Waals surface area contributed by atoms with E-state index in [0.717, 1.165) is 17.5 Å². The van der Waals surface area contributed by atoms with Crippen LogP contribution in [0.4, 0.5) is 4.39 Å². The zero-order valence-electron chi connectivity index (χ0n) is 12.2. The molecule has 2 rings (SSSR count). The van der Waals surface area contributed by atoms with Crippen LogP contribution in [-0.4, -0.2) is 6.04 Å². The molecule has 112 valence electrons. The van der Waals surface area contributed by atoms with Crippen molar-refractivity contribution in [2.24, 2.45) is 5.73 Å². The Bertz CT molecular complexity index is 630. The summed E-state index contributed by atoms with van der Waals surface area (Å²) < 4.78 is 19.3. The number of nitrogens with two attached hydrogens (primary N) is 1. The van der Waals surface area contributed by atoms with Crippen LogP contribution in [0.25, 0.3) is 0 Å². The van der Waals surface area contributed by atoms with Crippen LogP contribution < -0.4 is 10.5 Å². The molecule has 0 aliphatic carbocycles. The van der Waals surface area contributed by atoms with Gasteiger partial charge in [-0.1, -0.05) is 36.7 Å². The zero-order chi connectivity index (χ0) is 15.4. The van der Waals surface area contributed by atoms with Crippen LogP contribution in [0.15, 0.2) is 36.4 Å². The Labute approximate surface area is 129 Å². The highest BCUT2D eigenvalue weighted by Gasteiger charge is 2.13. The van der Waals surface area contributed by atoms with Gasteiger partial charge >= 0.3 is 0 Å². The molecule has 21 heavy (non-hydrogen) atoms. The van der Waals surface area contributed by atoms with Crippen molar-refractivity contribution >= 4 is 11.6 Å². The molecule has 2 N–H and O–H groups in total. The molecule has 2 aromatic carbocycles. The molecule has 0 bridgehead atoms. The van der Waals surface area contributed by atoms with E-state index in [1.165, 1.54) is 12.1 Å². The van der Waals surface area contributed by atoms with Gasteiger partial charge in [0.05, 0.1) is 5.02 Å². The first kappa shape index (κ1) is 15.8. The molecule has 0 saturated carbocycles. The first-order valence-electron chi connectivity index (χ1n) is 6.98. The van der Waals surface area contributed by atoms with E-state index in [2.05, 4.69) is 0 Å². The molecule has 0 saturated heterocycles. The van der Waals surface area contributed by atoms with Gasteiger partial charge in [0.1, 0.15) is 17.3 Å². The fraction of sp³-hybridized carbons (Fsp3) is 0.294. The second kappa shape index (κ2) is 6.92. The summed E-state index contributed by atoms with van der Waals surface area (Å²) in [4.78, 5) is 0. The van der Waals surface area contributed by atoms with E-state index in [1.807, 2.05) is 26.0 Å². The summed E-state index contributed by atoms with van der Waals surface area (Å²) in [6.07, 6.45) is 1.53. The maximum atomic E-state index is 13.4. The molecule has 0 aromatic heterocycles. The Kier molecular flexibility index (Phi) is 5.21. The molecule has 0 spiro atoms. The van der Waals surface area contributed by atoms with Crippen LogP contribution in [0.3, 0.4) is 0 Å². The number of halogens is 2. The van der Waals surface area contributed by atoms with Gasteiger partial charge in [0.2, 0.25) is 0 Å². The molecule has 0 fully saturated rings. The third-order valence-corrected chi connectivity index (χ3v) is 3.71. The molecule has 1 atom stereocenters. The molecule has 2 aromatic rings. The molecule has 4 heteroatoms. The van der Waals surface area contributed by atoms with E-state index in [9.17, 15) is 4.39 Å². The molecule has 0 radical (unpaired) electrons. The maximum Gasteiger partial charge on any atom is 0.149 e. The Morgan fingerprint density at radius 3 is 2.76 bits per heavy atom. The second-order valence-corrected chi connectivity index (χ2v) is 5.52. The highest BCUT2D eigenvalue weighted by molar-refractivity contribution is 6.32. The van der Waals surface area contributed by atoms with Gasteiger partial charge in [-0.25, -0.2) is 4.39 Å². The first-order chi connectivity index (χ1) is 10.0. The summed E-state index contributed by atoms with van der Waals surface area (Å²) in [7, 11) is 0. The predicted octanol–water partition coefficient (Wildman–Crippen LogP) is 4.86. The van der Waals surface area contributed by atoms with Crippen LogP contribution in [0.5, 0.6) is 11.5 Å². The summed E-state index contributed by atoms with van der Waals surface area (Å²) in [5, 5.41) is 0.500. The van der Waals surface area contributed by atoms with E-state index >= 15 is 0 Å². The summed E-state index contributed by atoms with van der Waals surface area (Å²) in [6.45, 7) is 3.90. The quantitative estimate of drug-likeness (QED) is 0.856. The van der Waals surface area contributed by atoms with Crippen molar-refractivity contribution in [1.82, 2.24) is 0 Å². The third-order valence-electron chi connectivity index (χ3n) is 3.42. The molecule has 2 nitrogen and oxygen atoms in total. The molecule has 0 aliphatic rings. The van der Waals surface area contributed by atoms with Crippen molar-refractivity contribution in [1.29, 1.82) is 0 Å². The number of hydrogen-bond donors (Lipinski definition) is 1. The number of rotatable bonds is 5. The zero-order valence-corrected chi connectivity index (χ0v) is 13.0. The van der Waals surface area contributed by atoms with E-state index in [0.29, 0.717) is 22.9 Å². The lowest BCUT2D eigenvalue weighted by Gasteiger charge is -2.16. The fourth-order valence-corrected chi connectivity index (χ4v) is 2.28. The minimum atomic E-state index is -0.338. The lowest BCUT2D eigenvalue weighted by atomic mass is 10.0. The number of benzene rings is 2. The smallest absolute Gasteiger partial charge is 0.149 e. The summed E-state index contributed by atoms with van der Waals surface area (Å²) in [6, 6.07) is 10.0. The van der Waals surface area contributed by atoms with E-state index < -0.39 is 0 Å². The number of aryl methyl sites for hydroxylation is 1. The van der Waals surface area contributed by atoms with Gasteiger partial charge in [-0.15, -0.1) is 0 Å². The van der Waals surface area contributed by atoms with Crippen molar-refractivity contribution in [3.05, 3.63) is 58.4 Å². The number of hydrogen-bond acceptors (Lipinski definition) is 2.